The van der Waals surface area contributed by atoms with Gasteiger partial charge < -0.3 is 5.32 Å². The molecule has 0 spiro atoms. The zero-order valence-corrected chi connectivity index (χ0v) is 10.3. The van der Waals surface area contributed by atoms with E-state index in [1.54, 1.807) is 0 Å². The molecule has 0 atom stereocenters. The third kappa shape index (κ3) is 2.86. The summed E-state index contributed by atoms with van der Waals surface area (Å²) in [6.07, 6.45) is 6.10. The van der Waals surface area contributed by atoms with Crippen molar-refractivity contribution in [2.24, 2.45) is 0 Å². The minimum absolute atomic E-state index is 0.0877. The third-order valence-corrected chi connectivity index (χ3v) is 4.07. The van der Waals surface area contributed by atoms with Crippen LogP contribution in [-0.2, 0) is 9.05 Å². The van der Waals surface area contributed by atoms with Crippen LogP contribution in [0.1, 0.15) is 25.7 Å². The lowest BCUT2D eigenvalue weighted by Crippen LogP contribution is -2.15. The van der Waals surface area contributed by atoms with E-state index in [9.17, 15) is 8.42 Å². The molecule has 0 aromatic carbocycles. The number of hydrogen-bond acceptors (Lipinski definition) is 4. The predicted octanol–water partition coefficient (Wildman–Crippen LogP) is 2.36. The summed E-state index contributed by atoms with van der Waals surface area (Å²) in [6, 6.07) is 3.27. The first-order chi connectivity index (χ1) is 7.55. The normalized spacial score (nSPS) is 17.6. The maximum absolute atomic E-state index is 11.1. The van der Waals surface area contributed by atoms with Crippen molar-refractivity contribution in [1.29, 1.82) is 0 Å². The van der Waals surface area contributed by atoms with Gasteiger partial charge in [0.15, 0.2) is 0 Å². The molecule has 0 amide bonds. The van der Waals surface area contributed by atoms with E-state index in [2.05, 4.69) is 10.3 Å². The molecule has 1 heterocycles. The Morgan fingerprint density at radius 3 is 2.69 bits per heavy atom. The number of hydrogen-bond donors (Lipinski definition) is 1. The Labute approximate surface area is 99.5 Å². The molecule has 1 saturated carbocycles. The lowest BCUT2D eigenvalue weighted by Gasteiger charge is -2.12. The Morgan fingerprint density at radius 2 is 2.06 bits per heavy atom. The summed E-state index contributed by atoms with van der Waals surface area (Å²) < 4.78 is 22.3. The van der Waals surface area contributed by atoms with Crippen LogP contribution in [0.5, 0.6) is 0 Å². The van der Waals surface area contributed by atoms with Crippen molar-refractivity contribution in [3.8, 4) is 0 Å². The molecule has 16 heavy (non-hydrogen) atoms. The monoisotopic (exact) mass is 260 g/mol. The van der Waals surface area contributed by atoms with Crippen molar-refractivity contribution < 1.29 is 8.42 Å². The second-order valence-corrected chi connectivity index (χ2v) is 6.51. The highest BCUT2D eigenvalue weighted by atomic mass is 35.7. The molecular weight excluding hydrogens is 248 g/mol. The second kappa shape index (κ2) is 4.59. The van der Waals surface area contributed by atoms with Crippen LogP contribution in [0.3, 0.4) is 0 Å². The van der Waals surface area contributed by atoms with Crippen LogP contribution in [0.15, 0.2) is 23.2 Å². The van der Waals surface area contributed by atoms with E-state index in [1.807, 2.05) is 0 Å². The van der Waals surface area contributed by atoms with E-state index < -0.39 is 9.05 Å². The standard InChI is InChI=1S/C10H13ClN2O2S/c11-16(14,15)9-5-6-12-10(7-9)13-8-3-1-2-4-8/h5-8H,1-4H2,(H,12,13). The first kappa shape index (κ1) is 11.7. The summed E-state index contributed by atoms with van der Waals surface area (Å²) in [7, 11) is 1.60. The van der Waals surface area contributed by atoms with E-state index in [0.717, 1.165) is 12.8 Å². The van der Waals surface area contributed by atoms with Gasteiger partial charge in [0.1, 0.15) is 5.82 Å². The molecule has 0 unspecified atom stereocenters. The van der Waals surface area contributed by atoms with Gasteiger partial charge in [0.25, 0.3) is 9.05 Å². The highest BCUT2D eigenvalue weighted by molar-refractivity contribution is 8.13. The summed E-state index contributed by atoms with van der Waals surface area (Å²) >= 11 is 0. The van der Waals surface area contributed by atoms with Crippen molar-refractivity contribution in [1.82, 2.24) is 4.98 Å². The van der Waals surface area contributed by atoms with E-state index in [1.165, 1.54) is 31.2 Å². The average molecular weight is 261 g/mol. The molecule has 1 N–H and O–H groups in total. The fourth-order valence-corrected chi connectivity index (χ4v) is 2.68. The zero-order chi connectivity index (χ0) is 11.6. The van der Waals surface area contributed by atoms with Gasteiger partial charge in [-0.15, -0.1) is 0 Å². The zero-order valence-electron chi connectivity index (χ0n) is 8.69. The number of nitrogens with one attached hydrogen (secondary N) is 1. The van der Waals surface area contributed by atoms with Crippen LogP contribution >= 0.6 is 10.7 Å². The molecule has 1 aromatic heterocycles. The van der Waals surface area contributed by atoms with Gasteiger partial charge in [0, 0.05) is 29.0 Å². The van der Waals surface area contributed by atoms with Crippen molar-refractivity contribution in [3.63, 3.8) is 0 Å². The number of nitrogens with zero attached hydrogens (tertiary/aromatic N) is 1. The molecule has 88 valence electrons. The fourth-order valence-electron chi connectivity index (χ4n) is 1.92. The van der Waals surface area contributed by atoms with Crippen LogP contribution < -0.4 is 5.32 Å². The molecule has 1 fully saturated rings. The molecule has 1 aromatic rings. The van der Waals surface area contributed by atoms with Gasteiger partial charge in [-0.1, -0.05) is 12.8 Å². The van der Waals surface area contributed by atoms with E-state index in [-0.39, 0.29) is 4.90 Å². The van der Waals surface area contributed by atoms with Gasteiger partial charge in [-0.2, -0.15) is 0 Å². The van der Waals surface area contributed by atoms with Gasteiger partial charge in [0.2, 0.25) is 0 Å². The average Bonchev–Trinajstić information content (AvgIpc) is 2.70. The molecular formula is C10H13ClN2O2S. The number of halogens is 1. The molecule has 1 aliphatic rings. The minimum atomic E-state index is -3.67. The van der Waals surface area contributed by atoms with Gasteiger partial charge in [-0.25, -0.2) is 13.4 Å². The Kier molecular flexibility index (Phi) is 3.35. The van der Waals surface area contributed by atoms with Crippen LogP contribution in [0.4, 0.5) is 5.82 Å². The summed E-state index contributed by atoms with van der Waals surface area (Å²) in [4.78, 5) is 4.17. The third-order valence-electron chi connectivity index (χ3n) is 2.72. The van der Waals surface area contributed by atoms with Crippen LogP contribution in [0.2, 0.25) is 0 Å². The summed E-state index contributed by atoms with van der Waals surface area (Å²) in [6.45, 7) is 0. The Balaban J connectivity index is 2.16. The van der Waals surface area contributed by atoms with Gasteiger partial charge in [-0.05, 0) is 18.9 Å². The molecule has 0 bridgehead atoms. The fraction of sp³-hybridized carbons (Fsp3) is 0.500. The lowest BCUT2D eigenvalue weighted by molar-refractivity contribution is 0.609. The number of anilines is 1. The second-order valence-electron chi connectivity index (χ2n) is 3.94. The topological polar surface area (TPSA) is 59.1 Å². The van der Waals surface area contributed by atoms with Crippen molar-refractivity contribution in [2.45, 2.75) is 36.6 Å². The largest absolute Gasteiger partial charge is 0.367 e. The van der Waals surface area contributed by atoms with Crippen molar-refractivity contribution in [2.75, 3.05) is 5.32 Å². The highest BCUT2D eigenvalue weighted by Crippen LogP contribution is 2.23. The molecule has 0 radical (unpaired) electrons. The number of aromatic nitrogens is 1. The minimum Gasteiger partial charge on any atom is -0.367 e. The van der Waals surface area contributed by atoms with Crippen molar-refractivity contribution >= 4 is 25.6 Å². The Hall–Kier alpha value is -0.810. The van der Waals surface area contributed by atoms with Crippen LogP contribution in [-0.4, -0.2) is 19.4 Å². The van der Waals surface area contributed by atoms with Crippen LogP contribution in [0.25, 0.3) is 0 Å². The Bertz CT molecular complexity index is 469. The first-order valence-corrected chi connectivity index (χ1v) is 7.54. The number of pyridine rings is 1. The summed E-state index contributed by atoms with van der Waals surface area (Å²) in [5.74, 6) is 0.577. The maximum atomic E-state index is 11.1. The molecule has 6 heteroatoms. The van der Waals surface area contributed by atoms with Gasteiger partial charge >= 0.3 is 0 Å². The molecule has 1 aliphatic carbocycles. The summed E-state index contributed by atoms with van der Waals surface area (Å²) in [5.41, 5.74) is 0. The summed E-state index contributed by atoms with van der Waals surface area (Å²) in [5, 5.41) is 3.22. The van der Waals surface area contributed by atoms with Gasteiger partial charge in [-0.3, -0.25) is 0 Å². The highest BCUT2D eigenvalue weighted by Gasteiger charge is 2.16. The van der Waals surface area contributed by atoms with Gasteiger partial charge in [0.05, 0.1) is 4.90 Å². The Morgan fingerprint density at radius 1 is 1.38 bits per heavy atom. The predicted molar refractivity (Wildman–Crippen MR) is 63.2 cm³/mol. The smallest absolute Gasteiger partial charge is 0.261 e. The SMILES string of the molecule is O=S(=O)(Cl)c1ccnc(NC2CCCC2)c1. The molecule has 0 saturated heterocycles. The molecule has 2 rings (SSSR count). The maximum Gasteiger partial charge on any atom is 0.261 e. The lowest BCUT2D eigenvalue weighted by atomic mass is 10.2. The van der Waals surface area contributed by atoms with E-state index >= 15 is 0 Å². The van der Waals surface area contributed by atoms with E-state index in [4.69, 9.17) is 10.7 Å². The first-order valence-electron chi connectivity index (χ1n) is 5.23. The van der Waals surface area contributed by atoms with Crippen LogP contribution in [0, 0.1) is 0 Å². The molecule has 4 nitrogen and oxygen atoms in total. The van der Waals surface area contributed by atoms with E-state index in [0.29, 0.717) is 11.9 Å². The van der Waals surface area contributed by atoms with Crippen molar-refractivity contribution in [3.05, 3.63) is 18.3 Å². The number of rotatable bonds is 3. The quantitative estimate of drug-likeness (QED) is 0.848. The molecule has 0 aliphatic heterocycles.